The summed E-state index contributed by atoms with van der Waals surface area (Å²) in [6.45, 7) is 0. The molecule has 0 aromatic heterocycles. The number of hydrogen-bond acceptors (Lipinski definition) is 2. The molecule has 0 fully saturated rings. The molecular formula is C22H19NO. The van der Waals surface area contributed by atoms with Crippen LogP contribution in [-0.2, 0) is 0 Å². The van der Waals surface area contributed by atoms with Gasteiger partial charge in [0.15, 0.2) is 0 Å². The minimum Gasteiger partial charge on any atom is -0.496 e. The molecule has 1 N–H and O–H groups in total. The zero-order chi connectivity index (χ0) is 16.6. The van der Waals surface area contributed by atoms with Gasteiger partial charge in [0.2, 0.25) is 0 Å². The van der Waals surface area contributed by atoms with Gasteiger partial charge in [0.05, 0.1) is 7.11 Å². The molecule has 3 aromatic carbocycles. The Balaban J connectivity index is 1.96. The lowest BCUT2D eigenvalue weighted by atomic mass is 10.0. The molecule has 0 heterocycles. The second-order valence-electron chi connectivity index (χ2n) is 5.32. The quantitative estimate of drug-likeness (QED) is 0.692. The van der Waals surface area contributed by atoms with Gasteiger partial charge in [-0.2, -0.15) is 0 Å². The van der Waals surface area contributed by atoms with Crippen LogP contribution in [0, 0.1) is 11.8 Å². The van der Waals surface area contributed by atoms with Crippen LogP contribution >= 0.6 is 0 Å². The molecule has 0 spiro atoms. The van der Waals surface area contributed by atoms with E-state index in [9.17, 15) is 0 Å². The Kier molecular flexibility index (Phi) is 5.17. The Bertz CT molecular complexity index is 832. The Labute approximate surface area is 143 Å². The van der Waals surface area contributed by atoms with Crippen molar-refractivity contribution >= 4 is 5.69 Å². The van der Waals surface area contributed by atoms with E-state index >= 15 is 0 Å². The number of nitrogens with one attached hydrogen (secondary N) is 1. The van der Waals surface area contributed by atoms with Crippen molar-refractivity contribution in [1.82, 2.24) is 0 Å². The lowest BCUT2D eigenvalue weighted by molar-refractivity contribution is 0.409. The van der Waals surface area contributed by atoms with E-state index in [1.807, 2.05) is 84.9 Å². The van der Waals surface area contributed by atoms with Gasteiger partial charge in [-0.05, 0) is 30.3 Å². The van der Waals surface area contributed by atoms with Crippen molar-refractivity contribution < 1.29 is 4.74 Å². The number of rotatable bonds is 4. The van der Waals surface area contributed by atoms with Crippen LogP contribution in [0.1, 0.15) is 17.2 Å². The van der Waals surface area contributed by atoms with Crippen LogP contribution in [-0.4, -0.2) is 7.11 Å². The number of para-hydroxylation sites is 2. The Hall–Kier alpha value is -3.18. The Morgan fingerprint density at radius 2 is 1.42 bits per heavy atom. The molecule has 3 rings (SSSR count). The SMILES string of the molecule is COc1ccccc1[C@H](C#Cc1ccccc1)Nc1ccccc1. The number of ether oxygens (including phenoxy) is 1. The van der Waals surface area contributed by atoms with Gasteiger partial charge in [0.25, 0.3) is 0 Å². The second kappa shape index (κ2) is 7.89. The van der Waals surface area contributed by atoms with E-state index in [-0.39, 0.29) is 6.04 Å². The molecule has 1 atom stereocenters. The smallest absolute Gasteiger partial charge is 0.125 e. The van der Waals surface area contributed by atoms with Crippen LogP contribution in [0.25, 0.3) is 0 Å². The summed E-state index contributed by atoms with van der Waals surface area (Å²) in [6, 6.07) is 27.9. The molecule has 24 heavy (non-hydrogen) atoms. The predicted octanol–water partition coefficient (Wildman–Crippen LogP) is 4.90. The number of benzene rings is 3. The minimum absolute atomic E-state index is 0.163. The van der Waals surface area contributed by atoms with Gasteiger partial charge in [-0.25, -0.2) is 0 Å². The first-order chi connectivity index (χ1) is 11.9. The van der Waals surface area contributed by atoms with Gasteiger partial charge in [-0.15, -0.1) is 0 Å². The van der Waals surface area contributed by atoms with Crippen LogP contribution in [0.4, 0.5) is 5.69 Å². The highest BCUT2D eigenvalue weighted by Gasteiger charge is 2.13. The fourth-order valence-corrected chi connectivity index (χ4v) is 2.47. The highest BCUT2D eigenvalue weighted by Crippen LogP contribution is 2.27. The molecule has 0 aliphatic carbocycles. The molecule has 118 valence electrons. The maximum Gasteiger partial charge on any atom is 0.125 e. The molecule has 0 radical (unpaired) electrons. The van der Waals surface area contributed by atoms with E-state index in [1.165, 1.54) is 0 Å². The molecule has 0 saturated carbocycles. The van der Waals surface area contributed by atoms with Crippen molar-refractivity contribution in [1.29, 1.82) is 0 Å². The average molecular weight is 313 g/mol. The number of anilines is 1. The molecule has 2 heteroatoms. The molecule has 0 saturated heterocycles. The summed E-state index contributed by atoms with van der Waals surface area (Å²) >= 11 is 0. The fourth-order valence-electron chi connectivity index (χ4n) is 2.47. The third kappa shape index (κ3) is 3.97. The monoisotopic (exact) mass is 313 g/mol. The molecule has 2 nitrogen and oxygen atoms in total. The third-order valence-electron chi connectivity index (χ3n) is 3.67. The van der Waals surface area contributed by atoms with E-state index < -0.39 is 0 Å². The lowest BCUT2D eigenvalue weighted by Crippen LogP contribution is -2.10. The van der Waals surface area contributed by atoms with Crippen molar-refractivity contribution in [2.24, 2.45) is 0 Å². The molecule has 0 aliphatic rings. The van der Waals surface area contributed by atoms with Gasteiger partial charge >= 0.3 is 0 Å². The second-order valence-corrected chi connectivity index (χ2v) is 5.32. The van der Waals surface area contributed by atoms with E-state index in [4.69, 9.17) is 4.74 Å². The van der Waals surface area contributed by atoms with Crippen LogP contribution in [0.15, 0.2) is 84.9 Å². The zero-order valence-corrected chi connectivity index (χ0v) is 13.6. The Morgan fingerprint density at radius 3 is 2.12 bits per heavy atom. The van der Waals surface area contributed by atoms with Crippen molar-refractivity contribution in [2.75, 3.05) is 12.4 Å². The third-order valence-corrected chi connectivity index (χ3v) is 3.67. The summed E-state index contributed by atoms with van der Waals surface area (Å²) in [6.07, 6.45) is 0. The standard InChI is InChI=1S/C22H19NO/c1-24-22-15-9-8-14-20(22)21(23-19-12-6-3-7-13-19)17-16-18-10-4-2-5-11-18/h2-15,21,23H,1H3/t21-/m0/s1. The van der Waals surface area contributed by atoms with Crippen LogP contribution < -0.4 is 10.1 Å². The maximum absolute atomic E-state index is 5.51. The van der Waals surface area contributed by atoms with Gasteiger partial charge in [0, 0.05) is 16.8 Å². The van der Waals surface area contributed by atoms with E-state index in [0.717, 1.165) is 22.6 Å². The number of hydrogen-bond donors (Lipinski definition) is 1. The lowest BCUT2D eigenvalue weighted by Gasteiger charge is -2.17. The summed E-state index contributed by atoms with van der Waals surface area (Å²) in [5.41, 5.74) is 3.04. The van der Waals surface area contributed by atoms with Crippen molar-refractivity contribution in [2.45, 2.75) is 6.04 Å². The summed E-state index contributed by atoms with van der Waals surface area (Å²) in [5, 5.41) is 3.49. The van der Waals surface area contributed by atoms with Crippen molar-refractivity contribution in [3.63, 3.8) is 0 Å². The van der Waals surface area contributed by atoms with Crippen LogP contribution in [0.2, 0.25) is 0 Å². The van der Waals surface area contributed by atoms with Crippen molar-refractivity contribution in [3.8, 4) is 17.6 Å². The normalized spacial score (nSPS) is 11.0. The highest BCUT2D eigenvalue weighted by atomic mass is 16.5. The summed E-state index contributed by atoms with van der Waals surface area (Å²) < 4.78 is 5.51. The van der Waals surface area contributed by atoms with Gasteiger partial charge in [-0.3, -0.25) is 0 Å². The first-order valence-electron chi connectivity index (χ1n) is 7.88. The molecule has 0 aliphatic heterocycles. The highest BCUT2D eigenvalue weighted by molar-refractivity contribution is 5.52. The molecule has 3 aromatic rings. The molecular weight excluding hydrogens is 294 g/mol. The van der Waals surface area contributed by atoms with E-state index in [2.05, 4.69) is 17.2 Å². The minimum atomic E-state index is -0.163. The summed E-state index contributed by atoms with van der Waals surface area (Å²) in [5.74, 6) is 7.41. The predicted molar refractivity (Wildman–Crippen MR) is 99.1 cm³/mol. The van der Waals surface area contributed by atoms with Crippen molar-refractivity contribution in [3.05, 3.63) is 96.1 Å². The van der Waals surface area contributed by atoms with E-state index in [1.54, 1.807) is 7.11 Å². The van der Waals surface area contributed by atoms with E-state index in [0.29, 0.717) is 0 Å². The van der Waals surface area contributed by atoms with Gasteiger partial charge in [-0.1, -0.05) is 66.4 Å². The fraction of sp³-hybridized carbons (Fsp3) is 0.0909. The topological polar surface area (TPSA) is 21.3 Å². The van der Waals surface area contributed by atoms with Gasteiger partial charge < -0.3 is 10.1 Å². The van der Waals surface area contributed by atoms with Gasteiger partial charge in [0.1, 0.15) is 11.8 Å². The Morgan fingerprint density at radius 1 is 0.792 bits per heavy atom. The largest absolute Gasteiger partial charge is 0.496 e. The average Bonchev–Trinajstić information content (AvgIpc) is 2.67. The van der Waals surface area contributed by atoms with Crippen LogP contribution in [0.5, 0.6) is 5.75 Å². The molecule has 0 bridgehead atoms. The first kappa shape index (κ1) is 15.7. The number of methoxy groups -OCH3 is 1. The summed E-state index contributed by atoms with van der Waals surface area (Å²) in [7, 11) is 1.68. The molecule has 0 amide bonds. The van der Waals surface area contributed by atoms with Crippen LogP contribution in [0.3, 0.4) is 0 Å². The maximum atomic E-state index is 5.51. The zero-order valence-electron chi connectivity index (χ0n) is 13.6. The first-order valence-corrected chi connectivity index (χ1v) is 7.88. The molecule has 0 unspecified atom stereocenters. The summed E-state index contributed by atoms with van der Waals surface area (Å²) in [4.78, 5) is 0.